The van der Waals surface area contributed by atoms with Crippen molar-refractivity contribution in [1.29, 1.82) is 5.41 Å². The first kappa shape index (κ1) is 18.2. The van der Waals surface area contributed by atoms with Crippen molar-refractivity contribution in [1.82, 2.24) is 9.88 Å². The van der Waals surface area contributed by atoms with Gasteiger partial charge in [0.25, 0.3) is 5.91 Å². The molecule has 5 heteroatoms. The molecule has 0 bridgehead atoms. The lowest BCUT2D eigenvalue weighted by molar-refractivity contribution is -0.124. The monoisotopic (exact) mass is 373 g/mol. The molecule has 0 radical (unpaired) electrons. The molecule has 1 saturated heterocycles. The van der Waals surface area contributed by atoms with Crippen LogP contribution in [0.25, 0.3) is 10.9 Å². The van der Waals surface area contributed by atoms with Gasteiger partial charge in [-0.25, -0.2) is 0 Å². The number of ketones is 1. The Hall–Kier alpha value is -3.21. The number of carbonyl (C=O) groups excluding carboxylic acids is 2. The number of hydrogen-bond acceptors (Lipinski definition) is 3. The van der Waals surface area contributed by atoms with Gasteiger partial charge < -0.3 is 9.88 Å². The summed E-state index contributed by atoms with van der Waals surface area (Å²) < 4.78 is 0. The first-order chi connectivity index (χ1) is 13.5. The van der Waals surface area contributed by atoms with Crippen molar-refractivity contribution in [2.45, 2.75) is 26.3 Å². The summed E-state index contributed by atoms with van der Waals surface area (Å²) in [7, 11) is 0. The van der Waals surface area contributed by atoms with E-state index in [4.69, 9.17) is 5.41 Å². The molecule has 1 aliphatic heterocycles. The highest BCUT2D eigenvalue weighted by molar-refractivity contribution is 6.44. The van der Waals surface area contributed by atoms with Crippen LogP contribution in [0.1, 0.15) is 29.7 Å². The third-order valence-corrected chi connectivity index (χ3v) is 5.61. The number of hydrogen-bond donors (Lipinski definition) is 2. The Balaban J connectivity index is 1.66. The van der Waals surface area contributed by atoms with Gasteiger partial charge >= 0.3 is 0 Å². The second-order valence-corrected chi connectivity index (χ2v) is 7.47. The predicted octanol–water partition coefficient (Wildman–Crippen LogP) is 3.83. The Kier molecular flexibility index (Phi) is 4.59. The lowest BCUT2D eigenvalue weighted by Crippen LogP contribution is -2.32. The molecule has 1 amide bonds. The number of amides is 1. The number of benzene rings is 2. The molecule has 0 spiro atoms. The van der Waals surface area contributed by atoms with Gasteiger partial charge in [-0.3, -0.25) is 15.0 Å². The second kappa shape index (κ2) is 7.08. The van der Waals surface area contributed by atoms with Crippen LogP contribution < -0.4 is 0 Å². The molecular weight excluding hydrogens is 350 g/mol. The number of rotatable bonds is 5. The van der Waals surface area contributed by atoms with Gasteiger partial charge in [0, 0.05) is 23.6 Å². The van der Waals surface area contributed by atoms with Crippen LogP contribution in [0.3, 0.4) is 0 Å². The molecule has 4 rings (SSSR count). The minimum atomic E-state index is -0.710. The molecule has 2 heterocycles. The Labute approximate surface area is 163 Å². The first-order valence-electron chi connectivity index (χ1n) is 9.49. The van der Waals surface area contributed by atoms with Crippen LogP contribution in [0, 0.1) is 18.3 Å². The molecule has 1 aliphatic rings. The van der Waals surface area contributed by atoms with Crippen LogP contribution in [-0.4, -0.2) is 33.8 Å². The number of carbonyl (C=O) groups is 2. The van der Waals surface area contributed by atoms with Crippen molar-refractivity contribution < 1.29 is 9.59 Å². The molecule has 2 atom stereocenters. The van der Waals surface area contributed by atoms with E-state index >= 15 is 0 Å². The van der Waals surface area contributed by atoms with Crippen LogP contribution in [0.15, 0.2) is 54.7 Å². The van der Waals surface area contributed by atoms with Gasteiger partial charge in [-0.15, -0.1) is 0 Å². The number of nitrogens with zero attached hydrogens (tertiary/aromatic N) is 1. The number of nitrogens with one attached hydrogen (secondary N) is 2. The van der Waals surface area contributed by atoms with Crippen LogP contribution in [0.2, 0.25) is 0 Å². The van der Waals surface area contributed by atoms with E-state index in [2.05, 4.69) is 11.1 Å². The molecule has 1 fully saturated rings. The summed E-state index contributed by atoms with van der Waals surface area (Å²) in [6, 6.07) is 15.5. The third kappa shape index (κ3) is 3.03. The number of likely N-dealkylation sites (tertiary alicyclic amines) is 1. The minimum absolute atomic E-state index is 0.1000. The quantitative estimate of drug-likeness (QED) is 0.713. The number of fused-ring (bicyclic) bond motifs is 1. The van der Waals surface area contributed by atoms with Crippen molar-refractivity contribution in [3.05, 3.63) is 71.4 Å². The maximum atomic E-state index is 12.8. The zero-order valence-electron chi connectivity index (χ0n) is 16.0. The van der Waals surface area contributed by atoms with Crippen LogP contribution in [0.4, 0.5) is 0 Å². The fourth-order valence-electron chi connectivity index (χ4n) is 4.13. The molecule has 0 saturated carbocycles. The maximum absolute atomic E-state index is 12.8. The average Bonchev–Trinajstić information content (AvgIpc) is 3.20. The summed E-state index contributed by atoms with van der Waals surface area (Å²) >= 11 is 0. The van der Waals surface area contributed by atoms with Crippen molar-refractivity contribution in [2.75, 3.05) is 6.54 Å². The van der Waals surface area contributed by atoms with Gasteiger partial charge in [0.1, 0.15) is 11.5 Å². The summed E-state index contributed by atoms with van der Waals surface area (Å²) in [6.07, 6.45) is 2.63. The summed E-state index contributed by atoms with van der Waals surface area (Å²) in [5.74, 6) is -1.19. The van der Waals surface area contributed by atoms with E-state index < -0.39 is 12.0 Å². The number of aromatic nitrogens is 1. The molecule has 5 nitrogen and oxygen atoms in total. The van der Waals surface area contributed by atoms with Crippen molar-refractivity contribution >= 4 is 28.3 Å². The van der Waals surface area contributed by atoms with Crippen molar-refractivity contribution in [3.63, 3.8) is 0 Å². The largest absolute Gasteiger partial charge is 0.361 e. The lowest BCUT2D eigenvalue weighted by Gasteiger charge is -2.27. The van der Waals surface area contributed by atoms with E-state index in [1.165, 1.54) is 6.92 Å². The molecule has 1 aromatic heterocycles. The van der Waals surface area contributed by atoms with Crippen LogP contribution in [0.5, 0.6) is 0 Å². The highest BCUT2D eigenvalue weighted by atomic mass is 16.2. The van der Waals surface area contributed by atoms with Crippen molar-refractivity contribution in [2.24, 2.45) is 5.92 Å². The minimum Gasteiger partial charge on any atom is -0.361 e. The van der Waals surface area contributed by atoms with Gasteiger partial charge in [-0.1, -0.05) is 48.0 Å². The number of aromatic amines is 1. The molecule has 28 heavy (non-hydrogen) atoms. The molecule has 2 N–H and O–H groups in total. The third-order valence-electron chi connectivity index (χ3n) is 5.61. The zero-order chi connectivity index (χ0) is 19.8. The Bertz CT molecular complexity index is 1060. The summed E-state index contributed by atoms with van der Waals surface area (Å²) in [4.78, 5) is 30.1. The fourth-order valence-corrected chi connectivity index (χ4v) is 4.13. The van der Waals surface area contributed by atoms with Gasteiger partial charge in [-0.2, -0.15) is 0 Å². The first-order valence-corrected chi connectivity index (χ1v) is 9.49. The standard InChI is InChI=1S/C23H23N3O2/c1-14-7-9-16(10-8-14)22-20(15(2)27)21(24)23(28)26(22)12-11-17-13-25-19-6-4-3-5-18(17)19/h3-10,13,20,22,24-25H,11-12H2,1-2H3. The molecule has 2 unspecified atom stereocenters. The van der Waals surface area contributed by atoms with Gasteiger partial charge in [0.2, 0.25) is 0 Å². The van der Waals surface area contributed by atoms with Crippen molar-refractivity contribution in [3.8, 4) is 0 Å². The summed E-state index contributed by atoms with van der Waals surface area (Å²) in [5, 5.41) is 9.40. The Morgan fingerprint density at radius 3 is 2.57 bits per heavy atom. The van der Waals surface area contributed by atoms with Crippen LogP contribution >= 0.6 is 0 Å². The number of aryl methyl sites for hydroxylation is 1. The maximum Gasteiger partial charge on any atom is 0.268 e. The van der Waals surface area contributed by atoms with E-state index in [0.717, 1.165) is 27.6 Å². The molecular formula is C23H23N3O2. The van der Waals surface area contributed by atoms with Crippen LogP contribution in [-0.2, 0) is 16.0 Å². The second-order valence-electron chi connectivity index (χ2n) is 7.47. The predicted molar refractivity (Wildman–Crippen MR) is 110 cm³/mol. The van der Waals surface area contributed by atoms with E-state index in [-0.39, 0.29) is 17.4 Å². The highest BCUT2D eigenvalue weighted by Crippen LogP contribution is 2.37. The number of H-pyrrole nitrogens is 1. The van der Waals surface area contributed by atoms with E-state index in [9.17, 15) is 9.59 Å². The SMILES string of the molecule is CC(=O)C1C(=N)C(=O)N(CCc2c[nH]c3ccccc23)C1c1ccc(C)cc1. The highest BCUT2D eigenvalue weighted by Gasteiger charge is 2.47. The van der Waals surface area contributed by atoms with E-state index in [1.54, 1.807) is 4.90 Å². The smallest absolute Gasteiger partial charge is 0.268 e. The number of Topliss-reactive ketones (excluding diaryl/α,β-unsaturated/α-hetero) is 1. The van der Waals surface area contributed by atoms with Gasteiger partial charge in [0.05, 0.1) is 12.0 Å². The lowest BCUT2D eigenvalue weighted by atomic mass is 9.89. The summed E-state index contributed by atoms with van der Waals surface area (Å²) in [5.41, 5.74) is 4.11. The fraction of sp³-hybridized carbons (Fsp3) is 0.261. The molecule has 142 valence electrons. The molecule has 2 aromatic carbocycles. The average molecular weight is 373 g/mol. The van der Waals surface area contributed by atoms with Gasteiger partial charge in [0.15, 0.2) is 0 Å². The Morgan fingerprint density at radius 1 is 1.14 bits per heavy atom. The Morgan fingerprint density at radius 2 is 1.86 bits per heavy atom. The molecule has 0 aliphatic carbocycles. The zero-order valence-corrected chi connectivity index (χ0v) is 16.0. The van der Waals surface area contributed by atoms with E-state index in [0.29, 0.717) is 13.0 Å². The van der Waals surface area contributed by atoms with Gasteiger partial charge in [-0.05, 0) is 37.5 Å². The normalized spacial score (nSPS) is 19.6. The van der Waals surface area contributed by atoms with E-state index in [1.807, 2.05) is 55.6 Å². The summed E-state index contributed by atoms with van der Waals surface area (Å²) in [6.45, 7) is 3.94. The topological polar surface area (TPSA) is 77.0 Å². The molecule has 3 aromatic rings. The number of para-hydroxylation sites is 1.